The van der Waals surface area contributed by atoms with Crippen molar-refractivity contribution in [3.8, 4) is 11.5 Å². The van der Waals surface area contributed by atoms with E-state index in [1.54, 1.807) is 14.2 Å². The lowest BCUT2D eigenvalue weighted by Crippen LogP contribution is -1.94. The first-order chi connectivity index (χ1) is 16.8. The van der Waals surface area contributed by atoms with Gasteiger partial charge in [0.15, 0.2) is 11.5 Å². The van der Waals surface area contributed by atoms with Gasteiger partial charge in [0.25, 0.3) is 0 Å². The maximum atomic E-state index is 5.81. The molecule has 0 aliphatic heterocycles. The van der Waals surface area contributed by atoms with Gasteiger partial charge in [0, 0.05) is 10.8 Å². The summed E-state index contributed by atoms with van der Waals surface area (Å²) in [6, 6.07) is 33.6. The summed E-state index contributed by atoms with van der Waals surface area (Å²) in [5, 5.41) is 4.34. The fraction of sp³-hybridized carbons (Fsp3) is 0.0625. The van der Waals surface area contributed by atoms with E-state index in [9.17, 15) is 0 Å². The van der Waals surface area contributed by atoms with Gasteiger partial charge in [-0.15, -0.1) is 0 Å². The van der Waals surface area contributed by atoms with Crippen LogP contribution in [0.15, 0.2) is 97.1 Å². The van der Waals surface area contributed by atoms with Crippen molar-refractivity contribution in [1.29, 1.82) is 0 Å². The lowest BCUT2D eigenvalue weighted by atomic mass is 9.96. The molecule has 0 saturated carbocycles. The Kier molecular flexibility index (Phi) is 6.13. The number of methoxy groups -OCH3 is 2. The zero-order chi connectivity index (χ0) is 23.3. The minimum atomic E-state index is 0.760. The van der Waals surface area contributed by atoms with Crippen LogP contribution in [0.3, 0.4) is 0 Å². The van der Waals surface area contributed by atoms with Crippen molar-refractivity contribution in [2.75, 3.05) is 14.2 Å². The van der Waals surface area contributed by atoms with Crippen molar-refractivity contribution in [1.82, 2.24) is 0 Å². The standard InChI is InChI=1S/C32H26O2/c1-33-31-27-19-17-25(15-13-23-9-5-3-6-10-23)21-29(27)30-22-26(18-20-28(30)32(31)34-2)16-14-24-11-7-4-8-12-24/h3-22H,1-2H3/b15-13+,16-14+. The largest absolute Gasteiger partial charge is 0.492 e. The normalized spacial score (nSPS) is 11.6. The van der Waals surface area contributed by atoms with E-state index in [-0.39, 0.29) is 0 Å². The Morgan fingerprint density at radius 1 is 0.412 bits per heavy atom. The molecular formula is C32H26O2. The van der Waals surface area contributed by atoms with E-state index in [1.807, 2.05) is 12.1 Å². The van der Waals surface area contributed by atoms with Crippen LogP contribution in [0, 0.1) is 0 Å². The van der Waals surface area contributed by atoms with E-state index in [1.165, 1.54) is 11.1 Å². The van der Waals surface area contributed by atoms with Gasteiger partial charge < -0.3 is 9.47 Å². The van der Waals surface area contributed by atoms with Crippen molar-refractivity contribution in [2.24, 2.45) is 0 Å². The van der Waals surface area contributed by atoms with Crippen LogP contribution in [0.4, 0.5) is 0 Å². The molecule has 0 aliphatic rings. The van der Waals surface area contributed by atoms with Crippen LogP contribution in [0.1, 0.15) is 22.3 Å². The van der Waals surface area contributed by atoms with Gasteiger partial charge >= 0.3 is 0 Å². The minimum Gasteiger partial charge on any atom is -0.492 e. The Bertz CT molecular complexity index is 1380. The van der Waals surface area contributed by atoms with Gasteiger partial charge in [-0.25, -0.2) is 0 Å². The van der Waals surface area contributed by atoms with E-state index < -0.39 is 0 Å². The third-order valence-electron chi connectivity index (χ3n) is 6.02. The molecule has 0 radical (unpaired) electrons. The quantitative estimate of drug-likeness (QED) is 0.194. The average Bonchev–Trinajstić information content (AvgIpc) is 2.91. The summed E-state index contributed by atoms with van der Waals surface area (Å²) in [5.41, 5.74) is 4.62. The molecule has 0 aliphatic carbocycles. The number of fused-ring (bicyclic) bond motifs is 3. The molecule has 34 heavy (non-hydrogen) atoms. The van der Waals surface area contributed by atoms with Crippen molar-refractivity contribution >= 4 is 45.8 Å². The fourth-order valence-corrected chi connectivity index (χ4v) is 4.34. The molecule has 0 heterocycles. The third-order valence-corrected chi connectivity index (χ3v) is 6.02. The molecule has 0 fully saturated rings. The molecule has 0 aromatic heterocycles. The summed E-state index contributed by atoms with van der Waals surface area (Å²) in [6.07, 6.45) is 8.57. The monoisotopic (exact) mass is 442 g/mol. The Labute approximate surface area is 200 Å². The van der Waals surface area contributed by atoms with E-state index in [4.69, 9.17) is 9.47 Å². The Balaban J connectivity index is 1.67. The SMILES string of the molecule is COc1c(OC)c2ccc(/C=C/c3ccccc3)cc2c2cc(/C=C/c3ccccc3)ccc12. The molecule has 0 bridgehead atoms. The van der Waals surface area contributed by atoms with Gasteiger partial charge in [-0.05, 0) is 57.3 Å². The first-order valence-corrected chi connectivity index (χ1v) is 11.3. The number of hydrogen-bond donors (Lipinski definition) is 0. The van der Waals surface area contributed by atoms with E-state index in [0.717, 1.165) is 44.2 Å². The topological polar surface area (TPSA) is 18.5 Å². The highest BCUT2D eigenvalue weighted by Gasteiger charge is 2.16. The van der Waals surface area contributed by atoms with Crippen molar-refractivity contribution in [3.05, 3.63) is 119 Å². The fourth-order valence-electron chi connectivity index (χ4n) is 4.34. The van der Waals surface area contributed by atoms with E-state index in [2.05, 4.69) is 109 Å². The van der Waals surface area contributed by atoms with E-state index >= 15 is 0 Å². The van der Waals surface area contributed by atoms with Gasteiger partial charge in [0.05, 0.1) is 14.2 Å². The molecule has 0 amide bonds. The van der Waals surface area contributed by atoms with Crippen LogP contribution < -0.4 is 9.47 Å². The van der Waals surface area contributed by atoms with E-state index in [0.29, 0.717) is 0 Å². The molecule has 0 N–H and O–H groups in total. The first kappa shape index (κ1) is 21.5. The summed E-state index contributed by atoms with van der Waals surface area (Å²) in [4.78, 5) is 0. The van der Waals surface area contributed by atoms with Crippen molar-refractivity contribution in [2.45, 2.75) is 0 Å². The Morgan fingerprint density at radius 2 is 0.794 bits per heavy atom. The van der Waals surface area contributed by atoms with Crippen molar-refractivity contribution < 1.29 is 9.47 Å². The summed E-state index contributed by atoms with van der Waals surface area (Å²) in [6.45, 7) is 0. The van der Waals surface area contributed by atoms with Gasteiger partial charge in [-0.2, -0.15) is 0 Å². The average molecular weight is 443 g/mol. The van der Waals surface area contributed by atoms with Crippen LogP contribution in [0.5, 0.6) is 11.5 Å². The first-order valence-electron chi connectivity index (χ1n) is 11.3. The summed E-state index contributed by atoms with van der Waals surface area (Å²) < 4.78 is 11.6. The molecule has 0 atom stereocenters. The molecular weight excluding hydrogens is 416 g/mol. The Hall–Kier alpha value is -4.30. The third kappa shape index (κ3) is 4.31. The zero-order valence-corrected chi connectivity index (χ0v) is 19.4. The van der Waals surface area contributed by atoms with Gasteiger partial charge in [-0.1, -0.05) is 97.1 Å². The minimum absolute atomic E-state index is 0.760. The number of rotatable bonds is 6. The summed E-state index contributed by atoms with van der Waals surface area (Å²) >= 11 is 0. The highest BCUT2D eigenvalue weighted by Crippen LogP contribution is 2.44. The lowest BCUT2D eigenvalue weighted by molar-refractivity contribution is 0.362. The molecule has 2 nitrogen and oxygen atoms in total. The second kappa shape index (κ2) is 9.68. The lowest BCUT2D eigenvalue weighted by Gasteiger charge is -2.16. The smallest absolute Gasteiger partial charge is 0.169 e. The van der Waals surface area contributed by atoms with Crippen molar-refractivity contribution in [3.63, 3.8) is 0 Å². The number of hydrogen-bond acceptors (Lipinski definition) is 2. The molecule has 0 saturated heterocycles. The highest BCUT2D eigenvalue weighted by molar-refractivity contribution is 6.15. The summed E-state index contributed by atoms with van der Waals surface area (Å²) in [5.74, 6) is 1.52. The predicted octanol–water partition coefficient (Wildman–Crippen LogP) is 8.35. The highest BCUT2D eigenvalue weighted by atomic mass is 16.5. The van der Waals surface area contributed by atoms with Crippen LogP contribution in [0.2, 0.25) is 0 Å². The second-order valence-corrected chi connectivity index (χ2v) is 8.16. The number of ether oxygens (including phenoxy) is 2. The van der Waals surface area contributed by atoms with Crippen LogP contribution in [-0.4, -0.2) is 14.2 Å². The molecule has 2 heteroatoms. The zero-order valence-electron chi connectivity index (χ0n) is 19.4. The molecule has 0 unspecified atom stereocenters. The molecule has 0 spiro atoms. The second-order valence-electron chi connectivity index (χ2n) is 8.16. The predicted molar refractivity (Wildman–Crippen MR) is 145 cm³/mol. The van der Waals surface area contributed by atoms with Gasteiger partial charge in [0.2, 0.25) is 0 Å². The maximum Gasteiger partial charge on any atom is 0.169 e. The molecule has 5 rings (SSSR count). The molecule has 166 valence electrons. The van der Waals surface area contributed by atoms with Gasteiger partial charge in [0.1, 0.15) is 0 Å². The van der Waals surface area contributed by atoms with Crippen LogP contribution in [-0.2, 0) is 0 Å². The molecule has 5 aromatic rings. The summed E-state index contributed by atoms with van der Waals surface area (Å²) in [7, 11) is 3.40. The number of benzene rings is 5. The maximum absolute atomic E-state index is 5.81. The molecule has 5 aromatic carbocycles. The van der Waals surface area contributed by atoms with Crippen LogP contribution in [0.25, 0.3) is 45.8 Å². The van der Waals surface area contributed by atoms with Crippen LogP contribution >= 0.6 is 0 Å². The Morgan fingerprint density at radius 3 is 1.18 bits per heavy atom. The van der Waals surface area contributed by atoms with Gasteiger partial charge in [-0.3, -0.25) is 0 Å².